The lowest BCUT2D eigenvalue weighted by molar-refractivity contribution is 0.0961. The Morgan fingerprint density at radius 3 is 2.34 bits per heavy atom. The van der Waals surface area contributed by atoms with Gasteiger partial charge in [-0.05, 0) is 29.0 Å². The highest BCUT2D eigenvalue weighted by atomic mass is 16.3. The smallest absolute Gasteiger partial charge is 0.260 e. The Kier molecular flexibility index (Phi) is 3.82. The molecule has 6 nitrogen and oxygen atoms in total. The van der Waals surface area contributed by atoms with Gasteiger partial charge in [0.2, 0.25) is 5.78 Å². The second-order valence-corrected chi connectivity index (χ2v) is 7.53. The number of hydrogen-bond acceptors (Lipinski definition) is 5. The molecule has 6 rings (SSSR count). The van der Waals surface area contributed by atoms with E-state index in [1.54, 1.807) is 54.7 Å². The molecule has 6 heteroatoms. The first kappa shape index (κ1) is 18.2. The summed E-state index contributed by atoms with van der Waals surface area (Å²) in [6.45, 7) is 0. The zero-order valence-electron chi connectivity index (χ0n) is 16.6. The molecule has 1 aliphatic carbocycles. The number of amides is 1. The lowest BCUT2D eigenvalue weighted by Gasteiger charge is -2.13. The molecule has 5 aromatic rings. The van der Waals surface area contributed by atoms with Crippen molar-refractivity contribution in [1.82, 2.24) is 4.98 Å². The Morgan fingerprint density at radius 2 is 1.56 bits per heavy atom. The molecule has 1 aliphatic rings. The van der Waals surface area contributed by atoms with Crippen molar-refractivity contribution in [3.05, 3.63) is 107 Å². The first-order valence-corrected chi connectivity index (χ1v) is 10.0. The first-order valence-electron chi connectivity index (χ1n) is 10.0. The van der Waals surface area contributed by atoms with Crippen LogP contribution in [0, 0.1) is 0 Å². The summed E-state index contributed by atoms with van der Waals surface area (Å²) in [6, 6.07) is 21.0. The van der Waals surface area contributed by atoms with E-state index in [9.17, 15) is 14.4 Å². The SMILES string of the molecule is O=C1c2ccccc2C(=O)c2c1oc1c(C(=O)Nc3ccccn3)cc3ccccc3c21. The topological polar surface area (TPSA) is 89.3 Å². The number of aromatic nitrogens is 1. The molecule has 0 saturated heterocycles. The van der Waals surface area contributed by atoms with Gasteiger partial charge in [0.25, 0.3) is 5.91 Å². The highest BCUT2D eigenvalue weighted by Crippen LogP contribution is 2.40. The van der Waals surface area contributed by atoms with Gasteiger partial charge in [-0.15, -0.1) is 0 Å². The molecule has 1 N–H and O–H groups in total. The summed E-state index contributed by atoms with van der Waals surface area (Å²) in [5.41, 5.74) is 1.26. The second kappa shape index (κ2) is 6.72. The zero-order chi connectivity index (χ0) is 21.8. The molecule has 2 aromatic heterocycles. The van der Waals surface area contributed by atoms with Gasteiger partial charge in [0.1, 0.15) is 11.4 Å². The molecule has 1 amide bonds. The molecule has 2 heterocycles. The summed E-state index contributed by atoms with van der Waals surface area (Å²) in [7, 11) is 0. The fourth-order valence-corrected chi connectivity index (χ4v) is 4.25. The van der Waals surface area contributed by atoms with Gasteiger partial charge in [-0.1, -0.05) is 54.6 Å². The van der Waals surface area contributed by atoms with E-state index in [2.05, 4.69) is 10.3 Å². The van der Waals surface area contributed by atoms with Gasteiger partial charge in [-0.3, -0.25) is 14.4 Å². The molecule has 0 fully saturated rings. The van der Waals surface area contributed by atoms with Gasteiger partial charge in [0.15, 0.2) is 11.5 Å². The molecule has 0 aliphatic heterocycles. The number of pyridine rings is 1. The fourth-order valence-electron chi connectivity index (χ4n) is 4.25. The number of carbonyl (C=O) groups is 3. The number of nitrogens with one attached hydrogen (secondary N) is 1. The summed E-state index contributed by atoms with van der Waals surface area (Å²) in [5, 5.41) is 4.72. The largest absolute Gasteiger partial charge is 0.451 e. The number of fused-ring (bicyclic) bond motifs is 6. The first-order chi connectivity index (χ1) is 15.6. The van der Waals surface area contributed by atoms with Crippen molar-refractivity contribution in [2.24, 2.45) is 0 Å². The van der Waals surface area contributed by atoms with E-state index < -0.39 is 5.91 Å². The van der Waals surface area contributed by atoms with Crippen LogP contribution >= 0.6 is 0 Å². The minimum Gasteiger partial charge on any atom is -0.451 e. The van der Waals surface area contributed by atoms with Crippen molar-refractivity contribution in [2.75, 3.05) is 5.32 Å². The lowest BCUT2D eigenvalue weighted by Crippen LogP contribution is -2.19. The van der Waals surface area contributed by atoms with Crippen LogP contribution in [0.3, 0.4) is 0 Å². The number of benzene rings is 3. The monoisotopic (exact) mass is 418 g/mol. The van der Waals surface area contributed by atoms with Gasteiger partial charge in [0, 0.05) is 22.7 Å². The van der Waals surface area contributed by atoms with Crippen molar-refractivity contribution in [2.45, 2.75) is 0 Å². The van der Waals surface area contributed by atoms with Crippen LogP contribution in [0.4, 0.5) is 5.82 Å². The molecule has 0 bridgehead atoms. The van der Waals surface area contributed by atoms with Crippen LogP contribution in [0.15, 0.2) is 83.4 Å². The molecule has 3 aromatic carbocycles. The van der Waals surface area contributed by atoms with E-state index in [0.717, 1.165) is 10.8 Å². The summed E-state index contributed by atoms with van der Waals surface area (Å²) < 4.78 is 5.98. The average molecular weight is 418 g/mol. The van der Waals surface area contributed by atoms with Crippen molar-refractivity contribution in [3.63, 3.8) is 0 Å². The van der Waals surface area contributed by atoms with Crippen LogP contribution < -0.4 is 5.32 Å². The molecule has 0 unspecified atom stereocenters. The number of furan rings is 1. The third kappa shape index (κ3) is 2.53. The Hall–Kier alpha value is -4.58. The van der Waals surface area contributed by atoms with Crippen LogP contribution in [0.25, 0.3) is 21.7 Å². The van der Waals surface area contributed by atoms with Gasteiger partial charge in [-0.2, -0.15) is 0 Å². The number of rotatable bonds is 2. The van der Waals surface area contributed by atoms with Gasteiger partial charge >= 0.3 is 0 Å². The van der Waals surface area contributed by atoms with Crippen LogP contribution in [-0.4, -0.2) is 22.5 Å². The standard InChI is InChI=1S/C26H14N2O4/c29-22-16-9-3-4-10-17(16)23(30)25-21(22)20-15-8-2-1-7-14(15)13-18(24(20)32-25)26(31)28-19-11-5-6-12-27-19/h1-13H,(H,27,28,31). The molecule has 0 radical (unpaired) electrons. The minimum absolute atomic E-state index is 0.0352. The number of carbonyl (C=O) groups excluding carboxylic acids is 3. The molecular formula is C26H14N2O4. The maximum absolute atomic E-state index is 13.4. The van der Waals surface area contributed by atoms with Crippen LogP contribution in [0.1, 0.15) is 42.4 Å². The van der Waals surface area contributed by atoms with Gasteiger partial charge < -0.3 is 9.73 Å². The van der Waals surface area contributed by atoms with E-state index in [1.807, 2.05) is 24.3 Å². The number of hydrogen-bond donors (Lipinski definition) is 1. The van der Waals surface area contributed by atoms with E-state index in [4.69, 9.17) is 4.42 Å². The van der Waals surface area contributed by atoms with E-state index >= 15 is 0 Å². The summed E-state index contributed by atoms with van der Waals surface area (Å²) in [6.07, 6.45) is 1.58. The average Bonchev–Trinajstić information content (AvgIpc) is 3.24. The molecule has 0 atom stereocenters. The zero-order valence-corrected chi connectivity index (χ0v) is 16.6. The predicted molar refractivity (Wildman–Crippen MR) is 119 cm³/mol. The van der Waals surface area contributed by atoms with Crippen molar-refractivity contribution < 1.29 is 18.8 Å². The van der Waals surface area contributed by atoms with Crippen molar-refractivity contribution in [3.8, 4) is 0 Å². The van der Waals surface area contributed by atoms with E-state index in [1.165, 1.54) is 0 Å². The highest BCUT2D eigenvalue weighted by Gasteiger charge is 2.36. The fraction of sp³-hybridized carbons (Fsp3) is 0. The summed E-state index contributed by atoms with van der Waals surface area (Å²) in [5.74, 6) is -0.752. The van der Waals surface area contributed by atoms with Crippen LogP contribution in [0.2, 0.25) is 0 Å². The molecular weight excluding hydrogens is 404 g/mol. The Morgan fingerprint density at radius 1 is 0.844 bits per heavy atom. The van der Waals surface area contributed by atoms with E-state index in [-0.39, 0.29) is 34.0 Å². The maximum Gasteiger partial charge on any atom is 0.260 e. The quantitative estimate of drug-likeness (QED) is 0.427. The number of ketones is 2. The molecule has 0 saturated carbocycles. The third-order valence-corrected chi connectivity index (χ3v) is 5.68. The second-order valence-electron chi connectivity index (χ2n) is 7.53. The number of anilines is 1. The minimum atomic E-state index is -0.442. The van der Waals surface area contributed by atoms with Crippen molar-refractivity contribution in [1.29, 1.82) is 0 Å². The molecule has 152 valence electrons. The Labute approximate surface area is 181 Å². The van der Waals surface area contributed by atoms with Crippen LogP contribution in [0.5, 0.6) is 0 Å². The van der Waals surface area contributed by atoms with Crippen LogP contribution in [-0.2, 0) is 0 Å². The normalized spacial score (nSPS) is 12.6. The predicted octanol–water partition coefficient (Wildman–Crippen LogP) is 5.01. The molecule has 0 spiro atoms. The van der Waals surface area contributed by atoms with Gasteiger partial charge in [-0.25, -0.2) is 4.98 Å². The highest BCUT2D eigenvalue weighted by molar-refractivity contribution is 6.35. The van der Waals surface area contributed by atoms with Crippen molar-refractivity contribution >= 4 is 45.0 Å². The Balaban J connectivity index is 1.65. The maximum atomic E-state index is 13.4. The summed E-state index contributed by atoms with van der Waals surface area (Å²) in [4.78, 5) is 43.9. The number of nitrogens with zero attached hydrogens (tertiary/aromatic N) is 1. The lowest BCUT2D eigenvalue weighted by atomic mass is 9.86. The Bertz CT molecular complexity index is 1600. The third-order valence-electron chi connectivity index (χ3n) is 5.68. The summed E-state index contributed by atoms with van der Waals surface area (Å²) >= 11 is 0. The van der Waals surface area contributed by atoms with Gasteiger partial charge in [0.05, 0.1) is 11.1 Å². The molecule has 32 heavy (non-hydrogen) atoms. The van der Waals surface area contributed by atoms with E-state index in [0.29, 0.717) is 22.3 Å².